The van der Waals surface area contributed by atoms with E-state index in [4.69, 9.17) is 39.5 Å². The number of ether oxygens (including phenoxy) is 1. The molecule has 33 heavy (non-hydrogen) atoms. The van der Waals surface area contributed by atoms with E-state index in [0.717, 1.165) is 4.90 Å². The first kappa shape index (κ1) is 25.5. The van der Waals surface area contributed by atoms with Crippen molar-refractivity contribution in [3.05, 3.63) is 79.2 Å². The Kier molecular flexibility index (Phi) is 8.02. The zero-order valence-corrected chi connectivity index (χ0v) is 19.8. The summed E-state index contributed by atoms with van der Waals surface area (Å²) >= 11 is 18.2. The smallest absolute Gasteiger partial charge is 0.361 e. The van der Waals surface area contributed by atoms with E-state index in [9.17, 15) is 22.8 Å². The van der Waals surface area contributed by atoms with Crippen molar-refractivity contribution >= 4 is 63.0 Å². The first-order valence-electron chi connectivity index (χ1n) is 9.25. The molecule has 0 N–H and O–H groups in total. The number of anilines is 1. The number of alkyl halides is 3. The van der Waals surface area contributed by atoms with E-state index in [1.807, 2.05) is 0 Å². The number of amides is 1. The lowest BCUT2D eigenvalue weighted by Gasteiger charge is -2.19. The number of benzene rings is 2. The molecule has 174 valence electrons. The Balaban J connectivity index is 2.11. The highest BCUT2D eigenvalue weighted by Gasteiger charge is 2.41. The summed E-state index contributed by atoms with van der Waals surface area (Å²) in [6.45, 7) is 1.45. The molecule has 0 saturated heterocycles. The summed E-state index contributed by atoms with van der Waals surface area (Å²) in [6, 6.07) is 9.68. The summed E-state index contributed by atoms with van der Waals surface area (Å²) in [5, 5.41) is -0.000824. The van der Waals surface area contributed by atoms with Crippen LogP contribution in [-0.4, -0.2) is 30.0 Å². The molecule has 3 rings (SSSR count). The third-order valence-corrected chi connectivity index (χ3v) is 6.10. The molecule has 0 atom stereocenters. The maximum atomic E-state index is 13.8. The van der Waals surface area contributed by atoms with Crippen molar-refractivity contribution < 1.29 is 27.5 Å². The van der Waals surface area contributed by atoms with Crippen LogP contribution >= 0.6 is 46.1 Å². The Bertz CT molecular complexity index is 1200. The van der Waals surface area contributed by atoms with Crippen LogP contribution in [0.5, 0.6) is 0 Å². The number of rotatable bonds is 7. The van der Waals surface area contributed by atoms with Gasteiger partial charge in [0.05, 0.1) is 5.02 Å². The number of hydrogen-bond acceptors (Lipinski definition) is 5. The van der Waals surface area contributed by atoms with Crippen LogP contribution in [0, 0.1) is 0 Å². The van der Waals surface area contributed by atoms with E-state index in [1.54, 1.807) is 13.0 Å². The highest BCUT2D eigenvalue weighted by Crippen LogP contribution is 2.39. The van der Waals surface area contributed by atoms with Crippen molar-refractivity contribution in [3.8, 4) is 0 Å². The normalized spacial score (nSPS) is 11.5. The lowest BCUT2D eigenvalue weighted by molar-refractivity contribution is -0.141. The first-order valence-corrected chi connectivity index (χ1v) is 11.2. The quantitative estimate of drug-likeness (QED) is 0.241. The molecule has 5 nitrogen and oxygen atoms in total. The molecule has 0 spiro atoms. The van der Waals surface area contributed by atoms with Gasteiger partial charge in [0, 0.05) is 27.8 Å². The summed E-state index contributed by atoms with van der Waals surface area (Å²) < 4.78 is 46.6. The molecule has 3 aromatic rings. The first-order chi connectivity index (χ1) is 15.5. The van der Waals surface area contributed by atoms with Gasteiger partial charge in [-0.3, -0.25) is 14.5 Å². The molecule has 0 aliphatic heterocycles. The minimum absolute atomic E-state index is 0.111. The number of aromatic nitrogens is 1. The number of ketones is 1. The minimum atomic E-state index is -4.96. The number of halogens is 6. The van der Waals surface area contributed by atoms with Crippen molar-refractivity contribution in [2.24, 2.45) is 0 Å². The maximum absolute atomic E-state index is 13.8. The molecule has 0 aliphatic carbocycles. The fraction of sp³-hybridized carbons (Fsp3) is 0.190. The molecular weight excluding hydrogens is 524 g/mol. The van der Waals surface area contributed by atoms with Gasteiger partial charge in [0.25, 0.3) is 5.91 Å². The molecule has 0 fully saturated rings. The summed E-state index contributed by atoms with van der Waals surface area (Å²) in [7, 11) is 0. The van der Waals surface area contributed by atoms with Gasteiger partial charge in [0.15, 0.2) is 10.8 Å². The van der Waals surface area contributed by atoms with Gasteiger partial charge in [-0.15, -0.1) is 0 Å². The Hall–Kier alpha value is -2.17. The number of carbonyl (C=O) groups excluding carboxylic acids is 2. The predicted octanol–water partition coefficient (Wildman–Crippen LogP) is 6.99. The lowest BCUT2D eigenvalue weighted by Crippen LogP contribution is -2.33. The van der Waals surface area contributed by atoms with E-state index >= 15 is 0 Å². The molecule has 1 aromatic heterocycles. The van der Waals surface area contributed by atoms with Crippen LogP contribution in [0.1, 0.15) is 38.2 Å². The molecule has 0 unspecified atom stereocenters. The van der Waals surface area contributed by atoms with Gasteiger partial charge in [0.2, 0.25) is 5.78 Å². The third kappa shape index (κ3) is 5.85. The van der Waals surface area contributed by atoms with Crippen LogP contribution in [0.4, 0.5) is 18.3 Å². The van der Waals surface area contributed by atoms with Gasteiger partial charge in [-0.05, 0) is 43.3 Å². The second-order valence-electron chi connectivity index (χ2n) is 6.49. The van der Waals surface area contributed by atoms with Crippen LogP contribution < -0.4 is 4.90 Å². The fourth-order valence-corrected chi connectivity index (χ4v) is 4.44. The fourth-order valence-electron chi connectivity index (χ4n) is 2.73. The van der Waals surface area contributed by atoms with Crippen molar-refractivity contribution in [3.63, 3.8) is 0 Å². The average Bonchev–Trinajstić information content (AvgIpc) is 3.19. The third-order valence-electron chi connectivity index (χ3n) is 4.24. The van der Waals surface area contributed by atoms with E-state index in [-0.39, 0.29) is 44.7 Å². The molecular formula is C21H14Cl3F3N2O3S. The van der Waals surface area contributed by atoms with Gasteiger partial charge in [0.1, 0.15) is 11.6 Å². The monoisotopic (exact) mass is 536 g/mol. The van der Waals surface area contributed by atoms with Gasteiger partial charge in [-0.25, -0.2) is 4.98 Å². The summed E-state index contributed by atoms with van der Waals surface area (Å²) in [4.78, 5) is 29.8. The Morgan fingerprint density at radius 1 is 1.09 bits per heavy atom. The van der Waals surface area contributed by atoms with E-state index in [0.29, 0.717) is 11.3 Å². The van der Waals surface area contributed by atoms with Gasteiger partial charge in [-0.2, -0.15) is 13.2 Å². The molecule has 2 aromatic carbocycles. The highest BCUT2D eigenvalue weighted by atomic mass is 35.5. The van der Waals surface area contributed by atoms with Gasteiger partial charge < -0.3 is 4.74 Å². The van der Waals surface area contributed by atoms with E-state index < -0.39 is 28.4 Å². The van der Waals surface area contributed by atoms with Gasteiger partial charge in [-0.1, -0.05) is 52.2 Å². The van der Waals surface area contributed by atoms with Crippen molar-refractivity contribution in [2.75, 3.05) is 18.2 Å². The zero-order valence-electron chi connectivity index (χ0n) is 16.8. The minimum Gasteiger partial charge on any atom is -0.361 e. The topological polar surface area (TPSA) is 59.5 Å². The lowest BCUT2D eigenvalue weighted by atomic mass is 10.1. The summed E-state index contributed by atoms with van der Waals surface area (Å²) in [5.74, 6) is -1.70. The Morgan fingerprint density at radius 3 is 2.39 bits per heavy atom. The van der Waals surface area contributed by atoms with Crippen LogP contribution in [0.15, 0.2) is 42.5 Å². The largest absolute Gasteiger partial charge is 0.435 e. The van der Waals surface area contributed by atoms with E-state index in [1.165, 1.54) is 36.4 Å². The second kappa shape index (κ2) is 10.4. The number of hydrogen-bond donors (Lipinski definition) is 0. The molecule has 0 aliphatic rings. The maximum Gasteiger partial charge on any atom is 0.435 e. The summed E-state index contributed by atoms with van der Waals surface area (Å²) in [5.41, 5.74) is -1.50. The molecule has 12 heteroatoms. The highest BCUT2D eigenvalue weighted by molar-refractivity contribution is 7.18. The molecule has 1 heterocycles. The van der Waals surface area contributed by atoms with Crippen LogP contribution in [0.25, 0.3) is 0 Å². The molecule has 0 radical (unpaired) electrons. The van der Waals surface area contributed by atoms with Gasteiger partial charge >= 0.3 is 6.18 Å². The molecule has 1 amide bonds. The standard InChI is InChI=1S/C21H14Cl3F3N2O3S/c1-2-32-10-29(19(31)11-4-3-5-12(22)8-11)20-28-18(21(25,26)27)17(33-20)16(30)14-7-6-13(23)9-15(14)24/h3-9H,2,10H2,1H3. The van der Waals surface area contributed by atoms with Crippen LogP contribution in [-0.2, 0) is 10.9 Å². The molecule has 0 saturated carbocycles. The Labute approximate surface area is 205 Å². The van der Waals surface area contributed by atoms with Crippen molar-refractivity contribution in [2.45, 2.75) is 13.1 Å². The number of nitrogens with zero attached hydrogens (tertiary/aromatic N) is 2. The van der Waals surface area contributed by atoms with Crippen molar-refractivity contribution in [1.82, 2.24) is 4.98 Å². The van der Waals surface area contributed by atoms with Crippen molar-refractivity contribution in [1.29, 1.82) is 0 Å². The Morgan fingerprint density at radius 2 is 1.79 bits per heavy atom. The second-order valence-corrected chi connectivity index (χ2v) is 8.75. The molecule has 0 bridgehead atoms. The van der Waals surface area contributed by atoms with Crippen LogP contribution in [0.2, 0.25) is 15.1 Å². The van der Waals surface area contributed by atoms with E-state index in [2.05, 4.69) is 4.98 Å². The average molecular weight is 538 g/mol. The number of carbonyl (C=O) groups is 2. The summed E-state index contributed by atoms with van der Waals surface area (Å²) in [6.07, 6.45) is -4.96. The number of thiazole rings is 1. The predicted molar refractivity (Wildman–Crippen MR) is 122 cm³/mol. The SMILES string of the molecule is CCOCN(C(=O)c1cccc(Cl)c1)c1nc(C(F)(F)F)c(C(=O)c2ccc(Cl)cc2Cl)s1. The zero-order chi connectivity index (χ0) is 24.3. The van der Waals surface area contributed by atoms with Crippen LogP contribution in [0.3, 0.4) is 0 Å².